The Morgan fingerprint density at radius 3 is 2.96 bits per heavy atom. The molecule has 1 aromatic carbocycles. The molecule has 8 nitrogen and oxygen atoms in total. The summed E-state index contributed by atoms with van der Waals surface area (Å²) in [5.74, 6) is 0.769. The number of para-hydroxylation sites is 1. The van der Waals surface area contributed by atoms with Crippen LogP contribution in [0.4, 0.5) is 5.13 Å². The van der Waals surface area contributed by atoms with Gasteiger partial charge in [0.2, 0.25) is 5.88 Å². The number of benzene rings is 1. The van der Waals surface area contributed by atoms with Crippen LogP contribution in [0.2, 0.25) is 0 Å². The number of fused-ring (bicyclic) bond motifs is 1. The van der Waals surface area contributed by atoms with Crippen LogP contribution in [0, 0.1) is 0 Å². The molecular weight excluding hydrogens is 380 g/mol. The van der Waals surface area contributed by atoms with E-state index < -0.39 is 0 Å². The van der Waals surface area contributed by atoms with Crippen LogP contribution in [0.1, 0.15) is 23.2 Å². The highest BCUT2D eigenvalue weighted by molar-refractivity contribution is 7.22. The predicted molar refractivity (Wildman–Crippen MR) is 107 cm³/mol. The van der Waals surface area contributed by atoms with E-state index in [-0.39, 0.29) is 12.0 Å². The Morgan fingerprint density at radius 2 is 2.25 bits per heavy atom. The van der Waals surface area contributed by atoms with Gasteiger partial charge in [-0.1, -0.05) is 17.4 Å². The van der Waals surface area contributed by atoms with Crippen LogP contribution in [0.3, 0.4) is 0 Å². The van der Waals surface area contributed by atoms with Crippen molar-refractivity contribution < 1.29 is 19.0 Å². The van der Waals surface area contributed by atoms with Crippen molar-refractivity contribution in [1.29, 1.82) is 0 Å². The first-order chi connectivity index (χ1) is 13.6. The number of carbonyl (C=O) groups is 1. The van der Waals surface area contributed by atoms with Crippen LogP contribution in [0.5, 0.6) is 11.6 Å². The van der Waals surface area contributed by atoms with Gasteiger partial charge in [-0.2, -0.15) is 0 Å². The number of methoxy groups -OCH3 is 2. The first kappa shape index (κ1) is 18.7. The van der Waals surface area contributed by atoms with E-state index in [9.17, 15) is 4.79 Å². The number of anilines is 1. The van der Waals surface area contributed by atoms with Gasteiger partial charge in [-0.15, -0.1) is 5.10 Å². The Labute approximate surface area is 166 Å². The van der Waals surface area contributed by atoms with E-state index in [1.54, 1.807) is 29.9 Å². The average molecular weight is 402 g/mol. The summed E-state index contributed by atoms with van der Waals surface area (Å²) in [6.45, 7) is 1.15. The number of hydrogen-bond donors (Lipinski definition) is 0. The van der Waals surface area contributed by atoms with Gasteiger partial charge < -0.3 is 14.2 Å². The second-order valence-electron chi connectivity index (χ2n) is 6.58. The molecule has 4 rings (SSSR count). The molecule has 0 radical (unpaired) electrons. The normalized spacial score (nSPS) is 16.5. The number of rotatable bonds is 6. The van der Waals surface area contributed by atoms with Crippen molar-refractivity contribution in [3.8, 4) is 11.6 Å². The lowest BCUT2D eigenvalue weighted by Crippen LogP contribution is -2.37. The third kappa shape index (κ3) is 3.43. The smallest absolute Gasteiger partial charge is 0.267 e. The number of ether oxygens (including phenoxy) is 3. The number of aromatic nitrogens is 3. The standard InChI is InChI=1S/C19H22N4O4S/c1-22-11-13(17(21-22)26-3)18(24)23(10-12-6-5-9-27-12)19-20-16-14(25-2)7-4-8-15(16)28-19/h4,7-8,11-12H,5-6,9-10H2,1-3H3. The van der Waals surface area contributed by atoms with Crippen LogP contribution in [0.15, 0.2) is 24.4 Å². The molecule has 1 fully saturated rings. The van der Waals surface area contributed by atoms with Crippen LogP contribution in [0.25, 0.3) is 10.2 Å². The Kier molecular flexibility index (Phi) is 5.19. The molecule has 2 aromatic heterocycles. The molecular formula is C19H22N4O4S. The maximum atomic E-state index is 13.4. The summed E-state index contributed by atoms with van der Waals surface area (Å²) in [6.07, 6.45) is 3.57. The van der Waals surface area contributed by atoms with Gasteiger partial charge in [0.1, 0.15) is 16.8 Å². The first-order valence-electron chi connectivity index (χ1n) is 9.05. The molecule has 1 unspecified atom stereocenters. The van der Waals surface area contributed by atoms with Gasteiger partial charge in [-0.05, 0) is 25.0 Å². The molecule has 28 heavy (non-hydrogen) atoms. The summed E-state index contributed by atoms with van der Waals surface area (Å²) >= 11 is 1.45. The molecule has 9 heteroatoms. The molecule has 1 aliphatic rings. The lowest BCUT2D eigenvalue weighted by Gasteiger charge is -2.22. The average Bonchev–Trinajstić information content (AvgIpc) is 3.43. The topological polar surface area (TPSA) is 78.7 Å². The zero-order chi connectivity index (χ0) is 19.7. The second-order valence-corrected chi connectivity index (χ2v) is 7.59. The third-order valence-electron chi connectivity index (χ3n) is 4.70. The van der Waals surface area contributed by atoms with E-state index in [1.807, 2.05) is 18.2 Å². The minimum atomic E-state index is -0.210. The maximum Gasteiger partial charge on any atom is 0.267 e. The van der Waals surface area contributed by atoms with Crippen molar-refractivity contribution in [2.45, 2.75) is 18.9 Å². The fourth-order valence-electron chi connectivity index (χ4n) is 3.34. The number of carbonyl (C=O) groups excluding carboxylic acids is 1. The van der Waals surface area contributed by atoms with Crippen LogP contribution < -0.4 is 14.4 Å². The highest BCUT2D eigenvalue weighted by Gasteiger charge is 2.30. The molecule has 0 aliphatic carbocycles. The molecule has 1 saturated heterocycles. The largest absolute Gasteiger partial charge is 0.494 e. The predicted octanol–water partition coefficient (Wildman–Crippen LogP) is 2.87. The molecule has 0 spiro atoms. The molecule has 1 atom stereocenters. The fraction of sp³-hybridized carbons (Fsp3) is 0.421. The molecule has 1 amide bonds. The van der Waals surface area contributed by atoms with Crippen LogP contribution >= 0.6 is 11.3 Å². The van der Waals surface area contributed by atoms with Gasteiger partial charge in [0.05, 0.1) is 31.6 Å². The van der Waals surface area contributed by atoms with Crippen LogP contribution in [-0.2, 0) is 11.8 Å². The van der Waals surface area contributed by atoms with Gasteiger partial charge in [-0.25, -0.2) is 4.98 Å². The molecule has 0 saturated carbocycles. The Balaban J connectivity index is 1.76. The second kappa shape index (κ2) is 7.76. The Hall–Kier alpha value is -2.65. The molecule has 1 aliphatic heterocycles. The van der Waals surface area contributed by atoms with Gasteiger partial charge in [0.25, 0.3) is 5.91 Å². The zero-order valence-electron chi connectivity index (χ0n) is 16.0. The minimum Gasteiger partial charge on any atom is -0.494 e. The number of hydrogen-bond acceptors (Lipinski definition) is 7. The van der Waals surface area contributed by atoms with Gasteiger partial charge in [0, 0.05) is 19.9 Å². The summed E-state index contributed by atoms with van der Waals surface area (Å²) in [6, 6.07) is 5.75. The monoisotopic (exact) mass is 402 g/mol. The number of thiazole rings is 1. The molecule has 148 valence electrons. The van der Waals surface area contributed by atoms with Crippen molar-refractivity contribution in [2.75, 3.05) is 32.3 Å². The summed E-state index contributed by atoms with van der Waals surface area (Å²) in [4.78, 5) is 19.8. The summed E-state index contributed by atoms with van der Waals surface area (Å²) in [7, 11) is 4.88. The highest BCUT2D eigenvalue weighted by atomic mass is 32.1. The van der Waals surface area contributed by atoms with Crippen molar-refractivity contribution in [3.05, 3.63) is 30.0 Å². The Morgan fingerprint density at radius 1 is 1.39 bits per heavy atom. The van der Waals surface area contributed by atoms with E-state index in [1.165, 1.54) is 18.4 Å². The fourth-order valence-corrected chi connectivity index (χ4v) is 4.33. The lowest BCUT2D eigenvalue weighted by molar-refractivity contribution is 0.0915. The van der Waals surface area contributed by atoms with E-state index in [0.29, 0.717) is 28.9 Å². The zero-order valence-corrected chi connectivity index (χ0v) is 16.9. The minimum absolute atomic E-state index is 0.0134. The third-order valence-corrected chi connectivity index (χ3v) is 5.74. The van der Waals surface area contributed by atoms with E-state index in [4.69, 9.17) is 19.2 Å². The molecule has 3 aromatic rings. The maximum absolute atomic E-state index is 13.4. The molecule has 0 bridgehead atoms. The number of nitrogens with zero attached hydrogens (tertiary/aromatic N) is 4. The lowest BCUT2D eigenvalue weighted by atomic mass is 10.2. The first-order valence-corrected chi connectivity index (χ1v) is 9.87. The van der Waals surface area contributed by atoms with E-state index >= 15 is 0 Å². The molecule has 3 heterocycles. The van der Waals surface area contributed by atoms with Crippen LogP contribution in [-0.4, -0.2) is 54.1 Å². The Bertz CT molecular complexity index is 993. The highest BCUT2D eigenvalue weighted by Crippen LogP contribution is 2.35. The van der Waals surface area contributed by atoms with Gasteiger partial charge in [-0.3, -0.25) is 14.4 Å². The SMILES string of the molecule is COc1nn(C)cc1C(=O)N(CC1CCCO1)c1nc2c(OC)cccc2s1. The number of aryl methyl sites for hydroxylation is 1. The summed E-state index contributed by atoms with van der Waals surface area (Å²) in [5, 5.41) is 4.81. The quantitative estimate of drug-likeness (QED) is 0.631. The van der Waals surface area contributed by atoms with Gasteiger partial charge >= 0.3 is 0 Å². The van der Waals surface area contributed by atoms with Crippen molar-refractivity contribution in [1.82, 2.24) is 14.8 Å². The van der Waals surface area contributed by atoms with Crippen molar-refractivity contribution in [2.24, 2.45) is 7.05 Å². The molecule has 0 N–H and O–H groups in total. The summed E-state index contributed by atoms with van der Waals surface area (Å²) < 4.78 is 19.0. The van der Waals surface area contributed by atoms with E-state index in [2.05, 4.69) is 5.10 Å². The van der Waals surface area contributed by atoms with Crippen molar-refractivity contribution in [3.63, 3.8) is 0 Å². The van der Waals surface area contributed by atoms with Gasteiger partial charge in [0.15, 0.2) is 5.13 Å². The van der Waals surface area contributed by atoms with E-state index in [0.717, 1.165) is 29.7 Å². The summed E-state index contributed by atoms with van der Waals surface area (Å²) in [5.41, 5.74) is 1.14. The number of amides is 1. The van der Waals surface area contributed by atoms with Crippen molar-refractivity contribution >= 4 is 32.6 Å².